The van der Waals surface area contributed by atoms with Crippen molar-refractivity contribution in [2.24, 2.45) is 29.1 Å². The number of hydrogen-bond donors (Lipinski definition) is 0. The van der Waals surface area contributed by atoms with Gasteiger partial charge in [-0.3, -0.25) is 9.59 Å². The van der Waals surface area contributed by atoms with Gasteiger partial charge in [0.05, 0.1) is 0 Å². The van der Waals surface area contributed by atoms with Crippen LogP contribution in [0.25, 0.3) is 0 Å². The maximum atomic E-state index is 12.8. The fraction of sp³-hybridized carbons (Fsp3) is 0.727. The molecule has 0 aromatic rings. The number of allylic oxidation sites excluding steroid dienone is 4. The summed E-state index contributed by atoms with van der Waals surface area (Å²) >= 11 is 0. The molecule has 0 radical (unpaired) electrons. The normalized spacial score (nSPS) is 41.5. The molecule has 0 amide bonds. The zero-order chi connectivity index (χ0) is 16.5. The van der Waals surface area contributed by atoms with E-state index in [0.29, 0.717) is 41.7 Å². The SMILES string of the molecule is C[C@]12CC=C3C4=C(CC[C@H]3[C@@H]1CCC2C(=O)C1CC1)CC(=O)CC4. The van der Waals surface area contributed by atoms with Gasteiger partial charge in [-0.15, -0.1) is 0 Å². The third-order valence-corrected chi connectivity index (χ3v) is 7.98. The van der Waals surface area contributed by atoms with Crippen LogP contribution < -0.4 is 0 Å². The van der Waals surface area contributed by atoms with E-state index in [2.05, 4.69) is 13.0 Å². The molecule has 2 fully saturated rings. The molecule has 0 bridgehead atoms. The van der Waals surface area contributed by atoms with Crippen molar-refractivity contribution >= 4 is 11.6 Å². The van der Waals surface area contributed by atoms with Crippen LogP contribution in [0.3, 0.4) is 0 Å². The third-order valence-electron chi connectivity index (χ3n) is 7.98. The minimum Gasteiger partial charge on any atom is -0.299 e. The van der Waals surface area contributed by atoms with E-state index >= 15 is 0 Å². The molecule has 0 heterocycles. The predicted molar refractivity (Wildman–Crippen MR) is 93.4 cm³/mol. The van der Waals surface area contributed by atoms with Crippen LogP contribution >= 0.6 is 0 Å². The van der Waals surface area contributed by atoms with Crippen LogP contribution in [0.1, 0.15) is 71.1 Å². The van der Waals surface area contributed by atoms with E-state index in [-0.39, 0.29) is 5.41 Å². The Labute approximate surface area is 144 Å². The van der Waals surface area contributed by atoms with E-state index in [4.69, 9.17) is 0 Å². The highest BCUT2D eigenvalue weighted by molar-refractivity contribution is 5.86. The van der Waals surface area contributed by atoms with Crippen LogP contribution in [-0.4, -0.2) is 11.6 Å². The summed E-state index contributed by atoms with van der Waals surface area (Å²) in [6, 6.07) is 0. The lowest BCUT2D eigenvalue weighted by Crippen LogP contribution is -2.41. The standard InChI is InChI=1S/C22H28O2/c1-22-11-10-17-16-7-5-15(23)12-14(16)4-6-18(17)19(22)8-9-20(22)21(24)13-2-3-13/h10,13,18-20H,2-9,11-12H2,1H3/t18-,19+,20?,22+/m1/s1. The van der Waals surface area contributed by atoms with Gasteiger partial charge in [-0.2, -0.15) is 0 Å². The van der Waals surface area contributed by atoms with Gasteiger partial charge in [0.15, 0.2) is 0 Å². The van der Waals surface area contributed by atoms with Gasteiger partial charge in [0.25, 0.3) is 0 Å². The van der Waals surface area contributed by atoms with Crippen LogP contribution in [0.2, 0.25) is 0 Å². The van der Waals surface area contributed by atoms with Crippen molar-refractivity contribution < 1.29 is 9.59 Å². The summed E-state index contributed by atoms with van der Waals surface area (Å²) in [7, 11) is 0. The van der Waals surface area contributed by atoms with E-state index in [0.717, 1.165) is 44.9 Å². The van der Waals surface area contributed by atoms with Crippen LogP contribution in [-0.2, 0) is 9.59 Å². The molecule has 1 unspecified atom stereocenters. The Kier molecular flexibility index (Phi) is 3.25. The van der Waals surface area contributed by atoms with Gasteiger partial charge in [-0.25, -0.2) is 0 Å². The Balaban J connectivity index is 1.48. The van der Waals surface area contributed by atoms with Crippen molar-refractivity contribution in [3.8, 4) is 0 Å². The molecule has 24 heavy (non-hydrogen) atoms. The molecule has 0 spiro atoms. The lowest BCUT2D eigenvalue weighted by Gasteiger charge is -2.47. The van der Waals surface area contributed by atoms with Crippen molar-refractivity contribution in [2.45, 2.75) is 71.1 Å². The highest BCUT2D eigenvalue weighted by atomic mass is 16.1. The second-order valence-electron chi connectivity index (χ2n) is 9.23. The van der Waals surface area contributed by atoms with E-state index < -0.39 is 0 Å². The maximum Gasteiger partial charge on any atom is 0.139 e. The molecule has 0 saturated heterocycles. The second kappa shape index (κ2) is 5.16. The first-order valence-corrected chi connectivity index (χ1v) is 10.0. The van der Waals surface area contributed by atoms with Crippen molar-refractivity contribution in [2.75, 3.05) is 0 Å². The third kappa shape index (κ3) is 2.07. The molecular formula is C22H28O2. The summed E-state index contributed by atoms with van der Waals surface area (Å²) in [6.07, 6.45) is 13.0. The van der Waals surface area contributed by atoms with Crippen molar-refractivity contribution in [3.63, 3.8) is 0 Å². The molecule has 2 saturated carbocycles. The fourth-order valence-corrected chi connectivity index (χ4v) is 6.53. The molecule has 2 heteroatoms. The summed E-state index contributed by atoms with van der Waals surface area (Å²) < 4.78 is 0. The Morgan fingerprint density at radius 3 is 2.71 bits per heavy atom. The monoisotopic (exact) mass is 324 g/mol. The van der Waals surface area contributed by atoms with Crippen molar-refractivity contribution in [3.05, 3.63) is 22.8 Å². The maximum absolute atomic E-state index is 12.8. The Morgan fingerprint density at radius 1 is 1.08 bits per heavy atom. The number of rotatable bonds is 2. The Morgan fingerprint density at radius 2 is 1.92 bits per heavy atom. The first-order chi connectivity index (χ1) is 11.6. The molecule has 5 aliphatic carbocycles. The van der Waals surface area contributed by atoms with Gasteiger partial charge in [-0.05, 0) is 79.8 Å². The Bertz CT molecular complexity index is 678. The van der Waals surface area contributed by atoms with Gasteiger partial charge in [0, 0.05) is 24.7 Å². The Hall–Kier alpha value is -1.18. The molecule has 0 aromatic carbocycles. The first kappa shape index (κ1) is 15.1. The lowest BCUT2D eigenvalue weighted by molar-refractivity contribution is -0.128. The smallest absolute Gasteiger partial charge is 0.139 e. The number of ketones is 2. The quantitative estimate of drug-likeness (QED) is 0.732. The average molecular weight is 324 g/mol. The van der Waals surface area contributed by atoms with Crippen molar-refractivity contribution in [1.29, 1.82) is 0 Å². The molecule has 0 N–H and O–H groups in total. The summed E-state index contributed by atoms with van der Waals surface area (Å²) in [4.78, 5) is 24.6. The van der Waals surface area contributed by atoms with E-state index in [1.807, 2.05) is 0 Å². The van der Waals surface area contributed by atoms with Gasteiger partial charge in [0.1, 0.15) is 11.6 Å². The second-order valence-corrected chi connectivity index (χ2v) is 9.23. The van der Waals surface area contributed by atoms with E-state index in [9.17, 15) is 9.59 Å². The van der Waals surface area contributed by atoms with Gasteiger partial charge >= 0.3 is 0 Å². The number of carbonyl (C=O) groups excluding carboxylic acids is 2. The molecule has 4 atom stereocenters. The number of carbonyl (C=O) groups is 2. The molecule has 128 valence electrons. The van der Waals surface area contributed by atoms with Gasteiger partial charge < -0.3 is 0 Å². The summed E-state index contributed by atoms with van der Waals surface area (Å²) in [5, 5.41) is 0. The minimum atomic E-state index is 0.205. The zero-order valence-electron chi connectivity index (χ0n) is 14.8. The summed E-state index contributed by atoms with van der Waals surface area (Å²) in [5.41, 5.74) is 4.78. The zero-order valence-corrected chi connectivity index (χ0v) is 14.8. The topological polar surface area (TPSA) is 34.1 Å². The number of fused-ring (bicyclic) bond motifs is 4. The van der Waals surface area contributed by atoms with Crippen LogP contribution in [0.15, 0.2) is 22.8 Å². The summed E-state index contributed by atoms with van der Waals surface area (Å²) in [5.74, 6) is 3.10. The first-order valence-electron chi connectivity index (χ1n) is 10.0. The minimum absolute atomic E-state index is 0.205. The highest BCUT2D eigenvalue weighted by Gasteiger charge is 2.56. The van der Waals surface area contributed by atoms with Gasteiger partial charge in [-0.1, -0.05) is 18.6 Å². The highest BCUT2D eigenvalue weighted by Crippen LogP contribution is 2.62. The molecule has 5 rings (SSSR count). The van der Waals surface area contributed by atoms with Crippen LogP contribution in [0, 0.1) is 29.1 Å². The number of hydrogen-bond acceptors (Lipinski definition) is 2. The largest absolute Gasteiger partial charge is 0.299 e. The molecule has 0 aromatic heterocycles. The lowest BCUT2D eigenvalue weighted by atomic mass is 9.57. The van der Waals surface area contributed by atoms with E-state index in [1.165, 1.54) is 18.4 Å². The molecule has 5 aliphatic rings. The van der Waals surface area contributed by atoms with Crippen LogP contribution in [0.5, 0.6) is 0 Å². The van der Waals surface area contributed by atoms with E-state index in [1.54, 1.807) is 11.1 Å². The van der Waals surface area contributed by atoms with Crippen LogP contribution in [0.4, 0.5) is 0 Å². The molecule has 0 aliphatic heterocycles. The van der Waals surface area contributed by atoms with Gasteiger partial charge in [0.2, 0.25) is 0 Å². The average Bonchev–Trinajstić information content (AvgIpc) is 3.35. The predicted octanol–water partition coefficient (Wildman–Crippen LogP) is 4.79. The summed E-state index contributed by atoms with van der Waals surface area (Å²) in [6.45, 7) is 2.41. The molecule has 2 nitrogen and oxygen atoms in total. The number of Topliss-reactive ketones (excluding diaryl/α,β-unsaturated/α-hetero) is 2. The van der Waals surface area contributed by atoms with Crippen molar-refractivity contribution in [1.82, 2.24) is 0 Å². The fourth-order valence-electron chi connectivity index (χ4n) is 6.53. The molecular weight excluding hydrogens is 296 g/mol.